The highest BCUT2D eigenvalue weighted by Crippen LogP contribution is 2.17. The molecule has 19 heavy (non-hydrogen) atoms. The van der Waals surface area contributed by atoms with Gasteiger partial charge in [-0.3, -0.25) is 9.59 Å². The van der Waals surface area contributed by atoms with Crippen LogP contribution in [-0.2, 0) is 20.9 Å². The lowest BCUT2D eigenvalue weighted by Crippen LogP contribution is -2.31. The van der Waals surface area contributed by atoms with Gasteiger partial charge in [0, 0.05) is 10.7 Å². The van der Waals surface area contributed by atoms with Gasteiger partial charge in [-0.1, -0.05) is 28.1 Å². The van der Waals surface area contributed by atoms with E-state index < -0.39 is 11.9 Å². The van der Waals surface area contributed by atoms with E-state index in [1.165, 1.54) is 11.2 Å². The van der Waals surface area contributed by atoms with Crippen molar-refractivity contribution in [1.82, 2.24) is 5.01 Å². The van der Waals surface area contributed by atoms with Crippen molar-refractivity contribution in [3.8, 4) is 0 Å². The van der Waals surface area contributed by atoms with Gasteiger partial charge in [0.05, 0.1) is 13.2 Å². The van der Waals surface area contributed by atoms with Gasteiger partial charge in [-0.2, -0.15) is 5.10 Å². The number of ether oxygens (including phenoxy) is 1. The Labute approximate surface area is 119 Å². The normalized spacial score (nSPS) is 17.9. The molecule has 0 radical (unpaired) electrons. The van der Waals surface area contributed by atoms with Crippen molar-refractivity contribution in [2.45, 2.75) is 13.5 Å². The summed E-state index contributed by atoms with van der Waals surface area (Å²) in [4.78, 5) is 23.5. The van der Waals surface area contributed by atoms with E-state index in [-0.39, 0.29) is 12.5 Å². The first kappa shape index (κ1) is 13.7. The van der Waals surface area contributed by atoms with Gasteiger partial charge in [0.2, 0.25) is 0 Å². The van der Waals surface area contributed by atoms with Crippen LogP contribution < -0.4 is 0 Å². The van der Waals surface area contributed by atoms with Crippen molar-refractivity contribution in [3.05, 3.63) is 34.3 Å². The maximum absolute atomic E-state index is 12.0. The monoisotopic (exact) mass is 324 g/mol. The number of carbonyl (C=O) groups is 2. The van der Waals surface area contributed by atoms with E-state index in [0.29, 0.717) is 6.54 Å². The summed E-state index contributed by atoms with van der Waals surface area (Å²) in [6, 6.07) is 7.57. The first-order valence-corrected chi connectivity index (χ1v) is 6.67. The average molecular weight is 325 g/mol. The van der Waals surface area contributed by atoms with Gasteiger partial charge >= 0.3 is 5.97 Å². The zero-order chi connectivity index (χ0) is 13.8. The van der Waals surface area contributed by atoms with Crippen molar-refractivity contribution >= 4 is 34.0 Å². The van der Waals surface area contributed by atoms with Crippen molar-refractivity contribution in [3.63, 3.8) is 0 Å². The molecule has 0 aromatic heterocycles. The smallest absolute Gasteiger partial charge is 0.324 e. The standard InChI is InChI=1S/C13H13BrN2O3/c1-2-19-13(18)11-7-15-16(12(11)17)8-9-3-5-10(14)6-4-9/h3-7,11H,2,8H2,1H3. The summed E-state index contributed by atoms with van der Waals surface area (Å²) in [5, 5.41) is 5.25. The molecule has 1 amide bonds. The predicted octanol–water partition coefficient (Wildman–Crippen LogP) is 1.96. The summed E-state index contributed by atoms with van der Waals surface area (Å²) in [6.45, 7) is 2.30. The Bertz CT molecular complexity index is 513. The molecule has 0 spiro atoms. The third kappa shape index (κ3) is 3.20. The molecule has 1 aliphatic rings. The molecule has 0 N–H and O–H groups in total. The number of esters is 1. The maximum Gasteiger partial charge on any atom is 0.324 e. The van der Waals surface area contributed by atoms with Gasteiger partial charge in [0.25, 0.3) is 5.91 Å². The first-order chi connectivity index (χ1) is 9.11. The fourth-order valence-corrected chi connectivity index (χ4v) is 1.97. The lowest BCUT2D eigenvalue weighted by Gasteiger charge is -2.13. The van der Waals surface area contributed by atoms with Crippen LogP contribution in [-0.4, -0.2) is 29.7 Å². The fraction of sp³-hybridized carbons (Fsp3) is 0.308. The molecular formula is C13H13BrN2O3. The molecule has 0 fully saturated rings. The molecule has 1 unspecified atom stereocenters. The number of amides is 1. The number of hydrogen-bond acceptors (Lipinski definition) is 4. The molecule has 5 nitrogen and oxygen atoms in total. The molecular weight excluding hydrogens is 312 g/mol. The van der Waals surface area contributed by atoms with Crippen LogP contribution >= 0.6 is 15.9 Å². The highest BCUT2D eigenvalue weighted by atomic mass is 79.9. The summed E-state index contributed by atoms with van der Waals surface area (Å²) in [7, 11) is 0. The molecule has 2 rings (SSSR count). The highest BCUT2D eigenvalue weighted by molar-refractivity contribution is 9.10. The SMILES string of the molecule is CCOC(=O)C1C=NN(Cc2ccc(Br)cc2)C1=O. The van der Waals surface area contributed by atoms with Gasteiger partial charge in [-0.05, 0) is 24.6 Å². The molecule has 0 saturated carbocycles. The summed E-state index contributed by atoms with van der Waals surface area (Å²) in [5.74, 6) is -1.80. The van der Waals surface area contributed by atoms with Gasteiger partial charge in [0.1, 0.15) is 0 Å². The Balaban J connectivity index is 2.01. The molecule has 1 heterocycles. The van der Waals surface area contributed by atoms with Crippen molar-refractivity contribution in [2.75, 3.05) is 6.61 Å². The molecule has 1 atom stereocenters. The van der Waals surface area contributed by atoms with E-state index >= 15 is 0 Å². The number of benzene rings is 1. The van der Waals surface area contributed by atoms with E-state index in [2.05, 4.69) is 21.0 Å². The van der Waals surface area contributed by atoms with Gasteiger partial charge in [0.15, 0.2) is 5.92 Å². The largest absolute Gasteiger partial charge is 0.465 e. The third-order valence-electron chi connectivity index (χ3n) is 2.66. The van der Waals surface area contributed by atoms with Gasteiger partial charge in [-0.15, -0.1) is 0 Å². The Kier molecular flexibility index (Phi) is 4.31. The van der Waals surface area contributed by atoms with Crippen LogP contribution in [0.5, 0.6) is 0 Å². The van der Waals surface area contributed by atoms with Crippen LogP contribution in [0.1, 0.15) is 12.5 Å². The molecule has 1 aliphatic heterocycles. The van der Waals surface area contributed by atoms with Crippen LogP contribution in [0.2, 0.25) is 0 Å². The lowest BCUT2D eigenvalue weighted by atomic mass is 10.1. The Morgan fingerprint density at radius 1 is 1.42 bits per heavy atom. The van der Waals surface area contributed by atoms with Crippen LogP contribution in [0.15, 0.2) is 33.8 Å². The fourth-order valence-electron chi connectivity index (χ4n) is 1.70. The quantitative estimate of drug-likeness (QED) is 0.628. The van der Waals surface area contributed by atoms with Crippen LogP contribution in [0.25, 0.3) is 0 Å². The molecule has 0 aliphatic carbocycles. The van der Waals surface area contributed by atoms with E-state index in [9.17, 15) is 9.59 Å². The number of carbonyl (C=O) groups excluding carboxylic acids is 2. The van der Waals surface area contributed by atoms with Crippen molar-refractivity contribution < 1.29 is 14.3 Å². The molecule has 0 saturated heterocycles. The number of hydrazone groups is 1. The second-order valence-corrected chi connectivity index (χ2v) is 4.93. The Hall–Kier alpha value is -1.69. The zero-order valence-electron chi connectivity index (χ0n) is 10.4. The van der Waals surface area contributed by atoms with E-state index in [1.54, 1.807) is 6.92 Å². The molecule has 1 aromatic rings. The van der Waals surface area contributed by atoms with Crippen molar-refractivity contribution in [1.29, 1.82) is 0 Å². The van der Waals surface area contributed by atoms with Crippen LogP contribution in [0.4, 0.5) is 0 Å². The number of nitrogens with zero attached hydrogens (tertiary/aromatic N) is 2. The second kappa shape index (κ2) is 5.97. The summed E-state index contributed by atoms with van der Waals surface area (Å²) < 4.78 is 5.80. The van der Waals surface area contributed by atoms with E-state index in [4.69, 9.17) is 4.74 Å². The summed E-state index contributed by atoms with van der Waals surface area (Å²) in [6.07, 6.45) is 1.33. The summed E-state index contributed by atoms with van der Waals surface area (Å²) >= 11 is 3.34. The maximum atomic E-state index is 12.0. The second-order valence-electron chi connectivity index (χ2n) is 4.02. The average Bonchev–Trinajstić information content (AvgIpc) is 2.74. The topological polar surface area (TPSA) is 59.0 Å². The van der Waals surface area contributed by atoms with Crippen LogP contribution in [0.3, 0.4) is 0 Å². The minimum absolute atomic E-state index is 0.253. The van der Waals surface area contributed by atoms with Gasteiger partial charge < -0.3 is 4.74 Å². The molecule has 0 bridgehead atoms. The lowest BCUT2D eigenvalue weighted by molar-refractivity contribution is -0.151. The molecule has 1 aromatic carbocycles. The predicted molar refractivity (Wildman–Crippen MR) is 73.3 cm³/mol. The Morgan fingerprint density at radius 2 is 2.11 bits per heavy atom. The molecule has 6 heteroatoms. The van der Waals surface area contributed by atoms with E-state index in [0.717, 1.165) is 10.0 Å². The van der Waals surface area contributed by atoms with Crippen LogP contribution in [0, 0.1) is 5.92 Å². The van der Waals surface area contributed by atoms with E-state index in [1.807, 2.05) is 24.3 Å². The number of rotatable bonds is 4. The molecule has 100 valence electrons. The van der Waals surface area contributed by atoms with Gasteiger partial charge in [-0.25, -0.2) is 5.01 Å². The minimum Gasteiger partial charge on any atom is -0.465 e. The summed E-state index contributed by atoms with van der Waals surface area (Å²) in [5.41, 5.74) is 0.943. The zero-order valence-corrected chi connectivity index (χ0v) is 12.0. The minimum atomic E-state index is -0.907. The first-order valence-electron chi connectivity index (χ1n) is 5.88. The number of halogens is 1. The highest BCUT2D eigenvalue weighted by Gasteiger charge is 2.35. The third-order valence-corrected chi connectivity index (χ3v) is 3.19. The number of hydrogen-bond donors (Lipinski definition) is 0. The van der Waals surface area contributed by atoms with Crippen molar-refractivity contribution in [2.24, 2.45) is 11.0 Å². The Morgan fingerprint density at radius 3 is 2.74 bits per heavy atom.